The summed E-state index contributed by atoms with van der Waals surface area (Å²) in [5.41, 5.74) is 1.11. The highest BCUT2D eigenvalue weighted by molar-refractivity contribution is 5.26. The van der Waals surface area contributed by atoms with Gasteiger partial charge in [0.2, 0.25) is 0 Å². The van der Waals surface area contributed by atoms with E-state index in [1.54, 1.807) is 0 Å². The summed E-state index contributed by atoms with van der Waals surface area (Å²) in [6, 6.07) is 10.0. The molecule has 0 spiro atoms. The second kappa shape index (κ2) is 3.97. The van der Waals surface area contributed by atoms with Crippen LogP contribution in [0, 0.1) is 0 Å². The minimum Gasteiger partial charge on any atom is -0.385 e. The van der Waals surface area contributed by atoms with Gasteiger partial charge in [-0.2, -0.15) is 0 Å². The second-order valence-corrected chi connectivity index (χ2v) is 4.06. The molecule has 0 aliphatic carbocycles. The van der Waals surface area contributed by atoms with Crippen LogP contribution in [0.25, 0.3) is 0 Å². The third kappa shape index (κ3) is 2.05. The maximum absolute atomic E-state index is 10.2. The number of benzene rings is 1. The van der Waals surface area contributed by atoms with Crippen molar-refractivity contribution in [3.05, 3.63) is 48.0 Å². The molecule has 0 aromatic heterocycles. The van der Waals surface area contributed by atoms with Crippen LogP contribution < -0.4 is 0 Å². The van der Waals surface area contributed by atoms with Crippen LogP contribution in [0.1, 0.15) is 32.3 Å². The molecular formula is C13H18O. The SMILES string of the molecule is C=C(C)[C@](C)(O)[C@@H](C)c1ccccc1. The molecule has 0 fully saturated rings. The van der Waals surface area contributed by atoms with Crippen molar-refractivity contribution in [1.29, 1.82) is 0 Å². The van der Waals surface area contributed by atoms with E-state index in [1.165, 1.54) is 0 Å². The van der Waals surface area contributed by atoms with Crippen LogP contribution in [-0.4, -0.2) is 10.7 Å². The summed E-state index contributed by atoms with van der Waals surface area (Å²) in [5.74, 6) is 0.0706. The van der Waals surface area contributed by atoms with E-state index in [0.29, 0.717) is 0 Å². The number of aliphatic hydroxyl groups is 1. The Kier molecular flexibility index (Phi) is 3.12. The lowest BCUT2D eigenvalue weighted by atomic mass is 9.81. The molecule has 0 aliphatic heterocycles. The molecule has 1 heteroatoms. The van der Waals surface area contributed by atoms with Gasteiger partial charge in [-0.15, -0.1) is 0 Å². The van der Waals surface area contributed by atoms with E-state index in [4.69, 9.17) is 0 Å². The highest BCUT2D eigenvalue weighted by atomic mass is 16.3. The monoisotopic (exact) mass is 190 g/mol. The van der Waals surface area contributed by atoms with Gasteiger partial charge in [-0.1, -0.05) is 43.8 Å². The molecule has 0 heterocycles. The molecule has 1 aromatic rings. The zero-order chi connectivity index (χ0) is 10.8. The molecule has 0 saturated heterocycles. The lowest BCUT2D eigenvalue weighted by molar-refractivity contribution is 0.0743. The molecule has 1 nitrogen and oxygen atoms in total. The first kappa shape index (κ1) is 11.0. The third-order valence-electron chi connectivity index (χ3n) is 3.01. The van der Waals surface area contributed by atoms with Gasteiger partial charge >= 0.3 is 0 Å². The molecule has 0 aliphatic rings. The van der Waals surface area contributed by atoms with Crippen molar-refractivity contribution in [2.45, 2.75) is 32.3 Å². The fourth-order valence-corrected chi connectivity index (χ4v) is 1.44. The maximum atomic E-state index is 10.2. The maximum Gasteiger partial charge on any atom is 0.0888 e. The van der Waals surface area contributed by atoms with Crippen molar-refractivity contribution in [2.75, 3.05) is 0 Å². The summed E-state index contributed by atoms with van der Waals surface area (Å²) in [7, 11) is 0. The van der Waals surface area contributed by atoms with Gasteiger partial charge in [-0.3, -0.25) is 0 Å². The Hall–Kier alpha value is -1.08. The lowest BCUT2D eigenvalue weighted by Gasteiger charge is -2.31. The zero-order valence-electron chi connectivity index (χ0n) is 9.12. The average molecular weight is 190 g/mol. The van der Waals surface area contributed by atoms with E-state index in [9.17, 15) is 5.11 Å². The van der Waals surface area contributed by atoms with Gasteiger partial charge in [0.25, 0.3) is 0 Å². The summed E-state index contributed by atoms with van der Waals surface area (Å²) >= 11 is 0. The molecule has 0 saturated carbocycles. The van der Waals surface area contributed by atoms with E-state index in [2.05, 4.69) is 6.58 Å². The van der Waals surface area contributed by atoms with Crippen LogP contribution in [-0.2, 0) is 0 Å². The molecule has 0 bridgehead atoms. The van der Waals surface area contributed by atoms with Crippen LogP contribution in [0.4, 0.5) is 0 Å². The second-order valence-electron chi connectivity index (χ2n) is 4.06. The topological polar surface area (TPSA) is 20.2 Å². The largest absolute Gasteiger partial charge is 0.385 e. The molecule has 1 aromatic carbocycles. The van der Waals surface area contributed by atoms with Gasteiger partial charge in [0.1, 0.15) is 0 Å². The molecule has 2 atom stereocenters. The predicted molar refractivity (Wildman–Crippen MR) is 60.3 cm³/mol. The van der Waals surface area contributed by atoms with Gasteiger partial charge < -0.3 is 5.11 Å². The normalized spacial score (nSPS) is 17.1. The van der Waals surface area contributed by atoms with Gasteiger partial charge in [0, 0.05) is 5.92 Å². The minimum absolute atomic E-state index is 0.0706. The Labute approximate surface area is 86.1 Å². The van der Waals surface area contributed by atoms with Crippen LogP contribution in [0.3, 0.4) is 0 Å². The Morgan fingerprint density at radius 2 is 1.86 bits per heavy atom. The van der Waals surface area contributed by atoms with E-state index in [0.717, 1.165) is 11.1 Å². The first-order valence-electron chi connectivity index (χ1n) is 4.89. The molecular weight excluding hydrogens is 172 g/mol. The molecule has 0 unspecified atom stereocenters. The molecule has 76 valence electrons. The molecule has 1 N–H and O–H groups in total. The number of hydrogen-bond acceptors (Lipinski definition) is 1. The van der Waals surface area contributed by atoms with Gasteiger partial charge in [0.15, 0.2) is 0 Å². The Balaban J connectivity index is 2.96. The molecule has 0 amide bonds. The summed E-state index contributed by atoms with van der Waals surface area (Å²) < 4.78 is 0. The van der Waals surface area contributed by atoms with E-state index in [-0.39, 0.29) is 5.92 Å². The Morgan fingerprint density at radius 1 is 1.36 bits per heavy atom. The fraction of sp³-hybridized carbons (Fsp3) is 0.385. The quantitative estimate of drug-likeness (QED) is 0.726. The van der Waals surface area contributed by atoms with Gasteiger partial charge in [0.05, 0.1) is 5.60 Å². The van der Waals surface area contributed by atoms with E-state index >= 15 is 0 Å². The predicted octanol–water partition coefficient (Wildman–Crippen LogP) is 3.12. The molecule has 1 rings (SSSR count). The van der Waals surface area contributed by atoms with Crippen LogP contribution in [0.15, 0.2) is 42.5 Å². The highest BCUT2D eigenvalue weighted by Gasteiger charge is 2.29. The summed E-state index contributed by atoms with van der Waals surface area (Å²) in [6.07, 6.45) is 0. The van der Waals surface area contributed by atoms with Crippen molar-refractivity contribution in [1.82, 2.24) is 0 Å². The van der Waals surface area contributed by atoms with Crippen molar-refractivity contribution < 1.29 is 5.11 Å². The van der Waals surface area contributed by atoms with Crippen molar-refractivity contribution >= 4 is 0 Å². The standard InChI is InChI=1S/C13H18O/c1-10(2)13(4,14)11(3)12-8-6-5-7-9-12/h5-9,11,14H,1H2,2-4H3/t11-,13-/m0/s1. The van der Waals surface area contributed by atoms with Crippen LogP contribution in [0.2, 0.25) is 0 Å². The zero-order valence-corrected chi connectivity index (χ0v) is 9.12. The average Bonchev–Trinajstić information content (AvgIpc) is 2.17. The van der Waals surface area contributed by atoms with Crippen molar-refractivity contribution in [2.24, 2.45) is 0 Å². The van der Waals surface area contributed by atoms with Gasteiger partial charge in [-0.25, -0.2) is 0 Å². The first-order chi connectivity index (χ1) is 6.46. The molecule has 14 heavy (non-hydrogen) atoms. The summed E-state index contributed by atoms with van der Waals surface area (Å²) in [4.78, 5) is 0. The highest BCUT2D eigenvalue weighted by Crippen LogP contribution is 2.32. The van der Waals surface area contributed by atoms with Crippen LogP contribution >= 0.6 is 0 Å². The van der Waals surface area contributed by atoms with Crippen LogP contribution in [0.5, 0.6) is 0 Å². The number of hydrogen-bond donors (Lipinski definition) is 1. The summed E-state index contributed by atoms with van der Waals surface area (Å²) in [6.45, 7) is 9.51. The first-order valence-corrected chi connectivity index (χ1v) is 4.89. The smallest absolute Gasteiger partial charge is 0.0888 e. The minimum atomic E-state index is -0.832. The Morgan fingerprint density at radius 3 is 2.29 bits per heavy atom. The number of rotatable bonds is 3. The van der Waals surface area contributed by atoms with Gasteiger partial charge in [-0.05, 0) is 25.0 Å². The third-order valence-corrected chi connectivity index (χ3v) is 3.01. The van der Waals surface area contributed by atoms with E-state index < -0.39 is 5.60 Å². The van der Waals surface area contributed by atoms with Crippen molar-refractivity contribution in [3.63, 3.8) is 0 Å². The van der Waals surface area contributed by atoms with E-state index in [1.807, 2.05) is 51.1 Å². The fourth-order valence-electron chi connectivity index (χ4n) is 1.44. The Bertz CT molecular complexity index is 311. The molecule has 0 radical (unpaired) electrons. The summed E-state index contributed by atoms with van der Waals surface area (Å²) in [5, 5.41) is 10.2. The lowest BCUT2D eigenvalue weighted by Crippen LogP contribution is -2.32. The van der Waals surface area contributed by atoms with Crippen molar-refractivity contribution in [3.8, 4) is 0 Å².